The first-order valence-electron chi connectivity index (χ1n) is 6.55. The first-order valence-corrected chi connectivity index (χ1v) is 6.93. The van der Waals surface area contributed by atoms with Crippen molar-refractivity contribution in [2.24, 2.45) is 5.92 Å². The lowest BCUT2D eigenvalue weighted by molar-refractivity contribution is 0.506. The Kier molecular flexibility index (Phi) is 4.97. The van der Waals surface area contributed by atoms with E-state index in [1.165, 1.54) is 0 Å². The van der Waals surface area contributed by atoms with Crippen LogP contribution in [0.15, 0.2) is 6.07 Å². The number of hydrogen-bond donors (Lipinski definition) is 1. The van der Waals surface area contributed by atoms with Crippen molar-refractivity contribution in [1.82, 2.24) is 9.97 Å². The average Bonchev–Trinajstić information content (AvgIpc) is 2.23. The van der Waals surface area contributed by atoms with Crippen LogP contribution in [0.2, 0.25) is 5.15 Å². The Morgan fingerprint density at radius 3 is 2.33 bits per heavy atom. The molecule has 0 aliphatic carbocycles. The minimum Gasteiger partial charge on any atom is -0.367 e. The highest BCUT2D eigenvalue weighted by molar-refractivity contribution is 6.29. The van der Waals surface area contributed by atoms with Crippen molar-refractivity contribution >= 4 is 17.4 Å². The topological polar surface area (TPSA) is 37.8 Å². The quantitative estimate of drug-likeness (QED) is 0.830. The molecule has 1 unspecified atom stereocenters. The maximum absolute atomic E-state index is 6.07. The van der Waals surface area contributed by atoms with E-state index in [4.69, 9.17) is 11.6 Å². The lowest BCUT2D eigenvalue weighted by Gasteiger charge is -2.23. The molecular formula is C14H24ClN3. The van der Waals surface area contributed by atoms with E-state index in [1.54, 1.807) is 6.07 Å². The monoisotopic (exact) mass is 269 g/mol. The molecule has 0 fully saturated rings. The molecule has 1 aromatic rings. The Morgan fingerprint density at radius 1 is 1.28 bits per heavy atom. The van der Waals surface area contributed by atoms with Crippen LogP contribution in [0.25, 0.3) is 0 Å². The fraction of sp³-hybridized carbons (Fsp3) is 0.714. The van der Waals surface area contributed by atoms with Crippen LogP contribution in [0.3, 0.4) is 0 Å². The van der Waals surface area contributed by atoms with Gasteiger partial charge in [-0.3, -0.25) is 0 Å². The number of hydrogen-bond acceptors (Lipinski definition) is 3. The molecule has 0 saturated heterocycles. The van der Waals surface area contributed by atoms with Crippen LogP contribution >= 0.6 is 11.6 Å². The molecule has 0 radical (unpaired) electrons. The summed E-state index contributed by atoms with van der Waals surface area (Å²) >= 11 is 6.07. The largest absolute Gasteiger partial charge is 0.367 e. The van der Waals surface area contributed by atoms with Gasteiger partial charge in [-0.05, 0) is 12.3 Å². The van der Waals surface area contributed by atoms with Crippen molar-refractivity contribution in [2.75, 3.05) is 5.32 Å². The molecule has 1 atom stereocenters. The summed E-state index contributed by atoms with van der Waals surface area (Å²) in [6, 6.07) is 2.20. The van der Waals surface area contributed by atoms with E-state index in [9.17, 15) is 0 Å². The Labute approximate surface area is 115 Å². The summed E-state index contributed by atoms with van der Waals surface area (Å²) in [5, 5.41) is 3.94. The summed E-state index contributed by atoms with van der Waals surface area (Å²) in [7, 11) is 0. The predicted octanol–water partition coefficient (Wildman–Crippen LogP) is 4.27. The third kappa shape index (κ3) is 4.13. The van der Waals surface area contributed by atoms with E-state index in [1.807, 2.05) is 0 Å². The van der Waals surface area contributed by atoms with Crippen LogP contribution in [0.4, 0.5) is 5.82 Å². The molecule has 18 heavy (non-hydrogen) atoms. The lowest BCUT2D eigenvalue weighted by Crippen LogP contribution is -2.26. The predicted molar refractivity (Wildman–Crippen MR) is 78.3 cm³/mol. The molecule has 1 aromatic heterocycles. The van der Waals surface area contributed by atoms with Crippen molar-refractivity contribution in [1.29, 1.82) is 0 Å². The van der Waals surface area contributed by atoms with Gasteiger partial charge in [-0.25, -0.2) is 9.97 Å². The molecule has 0 aliphatic rings. The van der Waals surface area contributed by atoms with Crippen LogP contribution < -0.4 is 5.32 Å². The second-order valence-electron chi connectivity index (χ2n) is 6.05. The molecule has 3 nitrogen and oxygen atoms in total. The number of anilines is 1. The summed E-state index contributed by atoms with van der Waals surface area (Å²) < 4.78 is 0. The van der Waals surface area contributed by atoms with Gasteiger partial charge in [0.05, 0.1) is 0 Å². The Hall–Kier alpha value is -0.830. The maximum atomic E-state index is 6.07. The molecule has 102 valence electrons. The van der Waals surface area contributed by atoms with Gasteiger partial charge in [0.2, 0.25) is 0 Å². The molecule has 4 heteroatoms. The van der Waals surface area contributed by atoms with Gasteiger partial charge in [0.25, 0.3) is 0 Å². The minimum atomic E-state index is -0.0964. The van der Waals surface area contributed by atoms with Crippen LogP contribution in [0, 0.1) is 5.92 Å². The van der Waals surface area contributed by atoms with E-state index in [2.05, 4.69) is 56.8 Å². The molecular weight excluding hydrogens is 246 g/mol. The molecule has 1 N–H and O–H groups in total. The van der Waals surface area contributed by atoms with Gasteiger partial charge in [0, 0.05) is 17.5 Å². The van der Waals surface area contributed by atoms with Gasteiger partial charge in [-0.2, -0.15) is 0 Å². The summed E-state index contributed by atoms with van der Waals surface area (Å²) in [4.78, 5) is 8.87. The maximum Gasteiger partial charge on any atom is 0.137 e. The van der Waals surface area contributed by atoms with E-state index < -0.39 is 0 Å². The minimum absolute atomic E-state index is 0.0964. The zero-order valence-electron chi connectivity index (χ0n) is 12.2. The SMILES string of the molecule is CCC(Nc1cc(Cl)nc(C(C)(C)C)n1)C(C)C. The van der Waals surface area contributed by atoms with Crippen molar-refractivity contribution in [2.45, 2.75) is 59.4 Å². The molecule has 0 aromatic carbocycles. The summed E-state index contributed by atoms with van der Waals surface area (Å²) in [6.45, 7) is 12.8. The second-order valence-corrected chi connectivity index (χ2v) is 6.44. The third-order valence-corrected chi connectivity index (χ3v) is 3.14. The van der Waals surface area contributed by atoms with Gasteiger partial charge in [0.1, 0.15) is 16.8 Å². The summed E-state index contributed by atoms with van der Waals surface area (Å²) in [6.07, 6.45) is 1.06. The van der Waals surface area contributed by atoms with Crippen LogP contribution in [-0.4, -0.2) is 16.0 Å². The van der Waals surface area contributed by atoms with Gasteiger partial charge in [0.15, 0.2) is 0 Å². The highest BCUT2D eigenvalue weighted by Crippen LogP contribution is 2.23. The van der Waals surface area contributed by atoms with E-state index in [0.29, 0.717) is 17.1 Å². The second kappa shape index (κ2) is 5.87. The molecule has 0 saturated carbocycles. The van der Waals surface area contributed by atoms with Crippen LogP contribution in [0.1, 0.15) is 53.8 Å². The normalized spacial score (nSPS) is 13.8. The van der Waals surface area contributed by atoms with E-state index in [-0.39, 0.29) is 5.41 Å². The van der Waals surface area contributed by atoms with Crippen LogP contribution in [-0.2, 0) is 5.41 Å². The van der Waals surface area contributed by atoms with Gasteiger partial charge < -0.3 is 5.32 Å². The zero-order valence-corrected chi connectivity index (χ0v) is 13.0. The standard InChI is InChI=1S/C14H24ClN3/c1-7-10(9(2)3)16-12-8-11(15)17-13(18-12)14(4,5)6/h8-10H,7H2,1-6H3,(H,16,17,18). The molecule has 0 amide bonds. The summed E-state index contributed by atoms with van der Waals surface area (Å²) in [5.74, 6) is 2.15. The third-order valence-electron chi connectivity index (χ3n) is 2.94. The molecule has 0 bridgehead atoms. The number of nitrogens with one attached hydrogen (secondary N) is 1. The number of halogens is 1. The Morgan fingerprint density at radius 2 is 1.89 bits per heavy atom. The number of aromatic nitrogens is 2. The van der Waals surface area contributed by atoms with Crippen molar-refractivity contribution in [3.63, 3.8) is 0 Å². The average molecular weight is 270 g/mol. The highest BCUT2D eigenvalue weighted by Gasteiger charge is 2.20. The van der Waals surface area contributed by atoms with Gasteiger partial charge in [-0.1, -0.05) is 53.1 Å². The fourth-order valence-electron chi connectivity index (χ4n) is 1.76. The number of rotatable bonds is 4. The Balaban J connectivity index is 3.00. The van der Waals surface area contributed by atoms with Crippen molar-refractivity contribution < 1.29 is 0 Å². The van der Waals surface area contributed by atoms with Crippen molar-refractivity contribution in [3.05, 3.63) is 17.0 Å². The fourth-order valence-corrected chi connectivity index (χ4v) is 1.94. The number of nitrogens with zero attached hydrogens (tertiary/aromatic N) is 2. The molecule has 1 heterocycles. The molecule has 1 rings (SSSR count). The summed E-state index contributed by atoms with van der Waals surface area (Å²) in [5.41, 5.74) is -0.0964. The van der Waals surface area contributed by atoms with Crippen molar-refractivity contribution in [3.8, 4) is 0 Å². The first kappa shape index (κ1) is 15.2. The lowest BCUT2D eigenvalue weighted by atomic mass is 9.96. The van der Waals surface area contributed by atoms with E-state index in [0.717, 1.165) is 18.1 Å². The van der Waals surface area contributed by atoms with E-state index >= 15 is 0 Å². The van der Waals surface area contributed by atoms with Crippen LogP contribution in [0.5, 0.6) is 0 Å². The van der Waals surface area contributed by atoms with Gasteiger partial charge in [-0.15, -0.1) is 0 Å². The molecule has 0 aliphatic heterocycles. The smallest absolute Gasteiger partial charge is 0.137 e. The Bertz CT molecular complexity index is 397. The first-order chi connectivity index (χ1) is 8.24. The molecule has 0 spiro atoms. The highest BCUT2D eigenvalue weighted by atomic mass is 35.5. The van der Waals surface area contributed by atoms with Gasteiger partial charge >= 0.3 is 0 Å². The zero-order chi connectivity index (χ0) is 13.9.